The normalized spacial score (nSPS) is 15.0. The summed E-state index contributed by atoms with van der Waals surface area (Å²) in [4.78, 5) is 22.0. The molecule has 6 nitrogen and oxygen atoms in total. The molecular weight excluding hydrogens is 604 g/mol. The van der Waals surface area contributed by atoms with Crippen LogP contribution in [0.15, 0.2) is 109 Å². The molecular formula is C43H46N4O2. The quantitative estimate of drug-likeness (QED) is 0.134. The third-order valence-corrected chi connectivity index (χ3v) is 9.93. The molecule has 5 aromatic rings. The van der Waals surface area contributed by atoms with Gasteiger partial charge in [-0.3, -0.25) is 4.98 Å². The van der Waals surface area contributed by atoms with Crippen LogP contribution in [-0.4, -0.2) is 31.2 Å². The number of ether oxygens (including phenoxy) is 1. The van der Waals surface area contributed by atoms with Crippen LogP contribution in [0.25, 0.3) is 0 Å². The lowest BCUT2D eigenvalue weighted by Crippen LogP contribution is -2.28. The van der Waals surface area contributed by atoms with Gasteiger partial charge in [0.15, 0.2) is 0 Å². The highest BCUT2D eigenvalue weighted by atomic mass is 16.5. The largest absolute Gasteiger partial charge is 0.465 e. The fraction of sp³-hybridized carbons (Fsp3) is 0.302. The number of aryl methyl sites for hydroxylation is 2. The van der Waals surface area contributed by atoms with Crippen molar-refractivity contribution in [1.29, 1.82) is 0 Å². The van der Waals surface area contributed by atoms with Crippen LogP contribution >= 0.6 is 0 Å². The van der Waals surface area contributed by atoms with Crippen molar-refractivity contribution in [3.8, 4) is 0 Å². The van der Waals surface area contributed by atoms with Crippen LogP contribution in [0.5, 0.6) is 0 Å². The Labute approximate surface area is 290 Å². The number of nitrogen functional groups attached to an aromatic ring is 1. The van der Waals surface area contributed by atoms with Gasteiger partial charge in [-0.1, -0.05) is 72.8 Å². The van der Waals surface area contributed by atoms with E-state index in [9.17, 15) is 4.79 Å². The molecule has 4 aromatic carbocycles. The molecule has 3 heterocycles. The average Bonchev–Trinajstić information content (AvgIpc) is 3.99. The van der Waals surface area contributed by atoms with Gasteiger partial charge in [0.25, 0.3) is 0 Å². The Bertz CT molecular complexity index is 1890. The Morgan fingerprint density at radius 3 is 1.94 bits per heavy atom. The van der Waals surface area contributed by atoms with Crippen molar-refractivity contribution >= 4 is 23.0 Å². The Morgan fingerprint density at radius 1 is 0.755 bits per heavy atom. The summed E-state index contributed by atoms with van der Waals surface area (Å²) < 4.78 is 5.05. The molecule has 0 saturated heterocycles. The van der Waals surface area contributed by atoms with Crippen molar-refractivity contribution in [3.63, 3.8) is 0 Å². The van der Waals surface area contributed by atoms with Crippen LogP contribution in [0.3, 0.4) is 0 Å². The van der Waals surface area contributed by atoms with Crippen LogP contribution in [-0.2, 0) is 37.1 Å². The second kappa shape index (κ2) is 15.0. The number of anilines is 3. The van der Waals surface area contributed by atoms with Crippen LogP contribution in [0, 0.1) is 0 Å². The van der Waals surface area contributed by atoms with Crippen molar-refractivity contribution < 1.29 is 9.53 Å². The number of methoxy groups -OCH3 is 1. The van der Waals surface area contributed by atoms with E-state index in [1.54, 1.807) is 0 Å². The van der Waals surface area contributed by atoms with Gasteiger partial charge in [0.05, 0.1) is 18.4 Å². The van der Waals surface area contributed by atoms with E-state index in [0.717, 1.165) is 62.4 Å². The number of carbonyl (C=O) groups excluding carboxylic acids is 1. The SMILES string of the molecule is COC(=O)c1cc(C2CC2)cnc1Cc1ccc2c(c1)CCCN2Cc1ccccc1.Nc1ccc2c(c1)CCCN2Cc1ccccc1. The molecule has 0 spiro atoms. The number of nitrogens with zero attached hydrogens (tertiary/aromatic N) is 3. The zero-order chi connectivity index (χ0) is 33.6. The van der Waals surface area contributed by atoms with Gasteiger partial charge in [-0.25, -0.2) is 4.79 Å². The Kier molecular flexibility index (Phi) is 9.92. The van der Waals surface area contributed by atoms with Gasteiger partial charge in [0, 0.05) is 55.9 Å². The average molecular weight is 651 g/mol. The maximum Gasteiger partial charge on any atom is 0.339 e. The maximum atomic E-state index is 12.4. The smallest absolute Gasteiger partial charge is 0.339 e. The third kappa shape index (κ3) is 7.97. The zero-order valence-electron chi connectivity index (χ0n) is 28.5. The molecule has 250 valence electrons. The van der Waals surface area contributed by atoms with E-state index in [4.69, 9.17) is 10.5 Å². The van der Waals surface area contributed by atoms with Crippen LogP contribution < -0.4 is 15.5 Å². The highest BCUT2D eigenvalue weighted by molar-refractivity contribution is 5.91. The molecule has 6 heteroatoms. The van der Waals surface area contributed by atoms with Crippen molar-refractivity contribution in [3.05, 3.63) is 154 Å². The van der Waals surface area contributed by atoms with Crippen molar-refractivity contribution in [1.82, 2.24) is 4.98 Å². The van der Waals surface area contributed by atoms with E-state index in [-0.39, 0.29) is 5.97 Å². The zero-order valence-corrected chi connectivity index (χ0v) is 28.5. The minimum atomic E-state index is -0.294. The number of pyridine rings is 1. The van der Waals surface area contributed by atoms with Gasteiger partial charge in [-0.2, -0.15) is 0 Å². The summed E-state index contributed by atoms with van der Waals surface area (Å²) in [5, 5.41) is 0. The fourth-order valence-corrected chi connectivity index (χ4v) is 7.24. The van der Waals surface area contributed by atoms with Crippen LogP contribution in [0.4, 0.5) is 17.1 Å². The lowest BCUT2D eigenvalue weighted by atomic mass is 9.95. The van der Waals surface area contributed by atoms with Crippen LogP contribution in [0.1, 0.15) is 81.0 Å². The summed E-state index contributed by atoms with van der Waals surface area (Å²) in [6.07, 6.45) is 9.56. The van der Waals surface area contributed by atoms with Gasteiger partial charge in [0.2, 0.25) is 0 Å². The predicted octanol–water partition coefficient (Wildman–Crippen LogP) is 8.51. The molecule has 49 heavy (non-hydrogen) atoms. The molecule has 2 aliphatic heterocycles. The summed E-state index contributed by atoms with van der Waals surface area (Å²) >= 11 is 0. The highest BCUT2D eigenvalue weighted by Crippen LogP contribution is 2.40. The Hall–Kier alpha value is -5.10. The molecule has 1 saturated carbocycles. The first kappa shape index (κ1) is 32.4. The molecule has 0 radical (unpaired) electrons. The lowest BCUT2D eigenvalue weighted by Gasteiger charge is -2.32. The van der Waals surface area contributed by atoms with Gasteiger partial charge >= 0.3 is 5.97 Å². The number of hydrogen-bond acceptors (Lipinski definition) is 6. The minimum absolute atomic E-state index is 0.294. The van der Waals surface area contributed by atoms with E-state index < -0.39 is 0 Å². The van der Waals surface area contributed by atoms with E-state index in [1.165, 1.54) is 65.6 Å². The molecule has 0 bridgehead atoms. The fourth-order valence-electron chi connectivity index (χ4n) is 7.24. The topological polar surface area (TPSA) is 71.7 Å². The monoisotopic (exact) mass is 650 g/mol. The molecule has 8 rings (SSSR count). The summed E-state index contributed by atoms with van der Waals surface area (Å²) in [6.45, 7) is 4.13. The second-order valence-electron chi connectivity index (χ2n) is 13.6. The number of hydrogen-bond donors (Lipinski definition) is 1. The van der Waals surface area contributed by atoms with E-state index >= 15 is 0 Å². The minimum Gasteiger partial charge on any atom is -0.465 e. The van der Waals surface area contributed by atoms with Gasteiger partial charge in [-0.15, -0.1) is 0 Å². The lowest BCUT2D eigenvalue weighted by molar-refractivity contribution is 0.0599. The second-order valence-corrected chi connectivity index (χ2v) is 13.6. The molecule has 2 N–H and O–H groups in total. The molecule has 0 unspecified atom stereocenters. The highest BCUT2D eigenvalue weighted by Gasteiger charge is 2.26. The third-order valence-electron chi connectivity index (χ3n) is 9.93. The van der Waals surface area contributed by atoms with Crippen molar-refractivity contribution in [2.45, 2.75) is 64.0 Å². The predicted molar refractivity (Wildman–Crippen MR) is 199 cm³/mol. The Balaban J connectivity index is 0.000000178. The van der Waals surface area contributed by atoms with E-state index in [2.05, 4.69) is 106 Å². The first-order valence-electron chi connectivity index (χ1n) is 17.7. The number of fused-ring (bicyclic) bond motifs is 2. The van der Waals surface area contributed by atoms with Gasteiger partial charge in [0.1, 0.15) is 0 Å². The standard InChI is InChI=1S/C27H28N2O2.C16H18N2/c1-31-27(30)24-16-23(21-10-11-21)17-28-25(24)15-20-9-12-26-22(14-20)8-5-13-29(26)18-19-6-3-2-4-7-19;17-15-8-9-16-14(11-15)7-4-10-18(16)12-13-5-2-1-3-6-13/h2-4,6-7,9,12,14,16-17,21H,5,8,10-11,13,15,18H2,1H3;1-3,5-6,8-9,11H,4,7,10,12,17H2. The van der Waals surface area contributed by atoms with Gasteiger partial charge < -0.3 is 20.3 Å². The van der Waals surface area contributed by atoms with E-state index in [0.29, 0.717) is 17.9 Å². The molecule has 0 atom stereocenters. The first-order valence-corrected chi connectivity index (χ1v) is 17.7. The summed E-state index contributed by atoms with van der Waals surface area (Å²) in [5.41, 5.74) is 18.6. The maximum absolute atomic E-state index is 12.4. The number of nitrogens with two attached hydrogens (primary N) is 1. The molecule has 1 aromatic heterocycles. The molecule has 1 aliphatic carbocycles. The van der Waals surface area contributed by atoms with Crippen molar-refractivity contribution in [2.24, 2.45) is 0 Å². The Morgan fingerprint density at radius 2 is 1.35 bits per heavy atom. The summed E-state index contributed by atoms with van der Waals surface area (Å²) in [6, 6.07) is 36.3. The number of rotatable bonds is 8. The van der Waals surface area contributed by atoms with Crippen molar-refractivity contribution in [2.75, 3.05) is 35.7 Å². The molecule has 1 fully saturated rings. The number of aromatic nitrogens is 1. The number of carbonyl (C=O) groups is 1. The summed E-state index contributed by atoms with van der Waals surface area (Å²) in [7, 11) is 1.44. The number of benzene rings is 4. The molecule has 0 amide bonds. The van der Waals surface area contributed by atoms with Crippen LogP contribution in [0.2, 0.25) is 0 Å². The number of esters is 1. The summed E-state index contributed by atoms with van der Waals surface area (Å²) in [5.74, 6) is 0.265. The van der Waals surface area contributed by atoms with Gasteiger partial charge in [-0.05, 0) is 108 Å². The molecule has 3 aliphatic rings. The van der Waals surface area contributed by atoms with E-state index in [1.807, 2.05) is 18.3 Å². The first-order chi connectivity index (χ1) is 24.0.